The molecule has 1 atom stereocenters. The number of benzene rings is 1. The number of cyclic esters (lactones) is 1. The lowest BCUT2D eigenvalue weighted by Gasteiger charge is -2.27. The van der Waals surface area contributed by atoms with Crippen molar-refractivity contribution < 1.29 is 14.3 Å². The molecule has 0 radical (unpaired) electrons. The van der Waals surface area contributed by atoms with Crippen LogP contribution in [0.25, 0.3) is 0 Å². The van der Waals surface area contributed by atoms with E-state index in [0.29, 0.717) is 26.0 Å². The Morgan fingerprint density at radius 3 is 2.77 bits per heavy atom. The molecule has 0 bridgehead atoms. The summed E-state index contributed by atoms with van der Waals surface area (Å²) in [5.74, 6) is -0.143. The Morgan fingerprint density at radius 2 is 2.18 bits per heavy atom. The number of carbonyl (C=O) groups excluding carboxylic acids is 2. The molecule has 1 heterocycles. The number of amides is 1. The molecule has 0 aliphatic carbocycles. The highest BCUT2D eigenvalue weighted by molar-refractivity contribution is 5.78. The van der Waals surface area contributed by atoms with Crippen molar-refractivity contribution in [1.29, 1.82) is 0 Å². The van der Waals surface area contributed by atoms with Gasteiger partial charge in [-0.15, -0.1) is 0 Å². The maximum atomic E-state index is 12.5. The van der Waals surface area contributed by atoms with Crippen molar-refractivity contribution in [2.75, 3.05) is 6.61 Å². The fourth-order valence-corrected chi connectivity index (χ4v) is 2.81. The number of rotatable bonds is 6. The van der Waals surface area contributed by atoms with Gasteiger partial charge in [-0.05, 0) is 39.2 Å². The number of carbonyl (C=O) groups is 2. The third-order valence-electron chi connectivity index (χ3n) is 4.13. The van der Waals surface area contributed by atoms with E-state index in [4.69, 9.17) is 4.74 Å². The van der Waals surface area contributed by atoms with Gasteiger partial charge in [0.25, 0.3) is 0 Å². The number of hydrogen-bond acceptors (Lipinski definition) is 3. The second-order valence-electron chi connectivity index (χ2n) is 6.30. The van der Waals surface area contributed by atoms with Gasteiger partial charge in [-0.2, -0.15) is 0 Å². The molecular weight excluding hydrogens is 278 g/mol. The fraction of sp³-hybridized carbons (Fsp3) is 0.556. The van der Waals surface area contributed by atoms with Crippen molar-refractivity contribution in [3.8, 4) is 0 Å². The zero-order chi connectivity index (χ0) is 16.1. The Morgan fingerprint density at radius 1 is 1.41 bits per heavy atom. The van der Waals surface area contributed by atoms with Crippen molar-refractivity contribution in [3.63, 3.8) is 0 Å². The Kier molecular flexibility index (Phi) is 5.58. The van der Waals surface area contributed by atoms with Gasteiger partial charge < -0.3 is 9.64 Å². The zero-order valence-electron chi connectivity index (χ0n) is 13.7. The van der Waals surface area contributed by atoms with Gasteiger partial charge in [0.05, 0.1) is 12.5 Å². The minimum Gasteiger partial charge on any atom is -0.465 e. The van der Waals surface area contributed by atoms with Gasteiger partial charge in [0.15, 0.2) is 0 Å². The number of ether oxygens (including phenoxy) is 1. The van der Waals surface area contributed by atoms with Crippen LogP contribution in [-0.2, 0) is 20.9 Å². The molecule has 0 N–H and O–H groups in total. The standard InChI is InChI=1S/C18H25NO3/c1-13(2)19(12-15-6-4-5-14(3)11-15)17(20)8-7-16-9-10-22-18(16)21/h4-6,11,13,16H,7-10,12H2,1-3H3/t16-/m1/s1. The van der Waals surface area contributed by atoms with Crippen molar-refractivity contribution >= 4 is 11.9 Å². The van der Waals surface area contributed by atoms with Crippen molar-refractivity contribution in [3.05, 3.63) is 35.4 Å². The van der Waals surface area contributed by atoms with Crippen molar-refractivity contribution in [1.82, 2.24) is 4.90 Å². The van der Waals surface area contributed by atoms with Crippen LogP contribution in [0.2, 0.25) is 0 Å². The van der Waals surface area contributed by atoms with Crippen molar-refractivity contribution in [2.45, 2.75) is 52.6 Å². The molecule has 1 aromatic carbocycles. The first-order valence-electron chi connectivity index (χ1n) is 7.99. The summed E-state index contributed by atoms with van der Waals surface area (Å²) in [4.78, 5) is 25.9. The molecule has 1 aromatic rings. The van der Waals surface area contributed by atoms with Crippen LogP contribution in [0.5, 0.6) is 0 Å². The van der Waals surface area contributed by atoms with E-state index in [9.17, 15) is 9.59 Å². The summed E-state index contributed by atoms with van der Waals surface area (Å²) in [5.41, 5.74) is 2.34. The highest BCUT2D eigenvalue weighted by Gasteiger charge is 2.28. The van der Waals surface area contributed by atoms with Crippen LogP contribution in [0.3, 0.4) is 0 Å². The minimum absolute atomic E-state index is 0.100. The minimum atomic E-state index is -0.150. The van der Waals surface area contributed by atoms with Gasteiger partial charge in [0.1, 0.15) is 0 Å². The third kappa shape index (κ3) is 4.33. The Bertz CT molecular complexity index is 539. The van der Waals surface area contributed by atoms with Crippen LogP contribution in [-0.4, -0.2) is 29.4 Å². The van der Waals surface area contributed by atoms with Crippen LogP contribution in [0.15, 0.2) is 24.3 Å². The molecule has 0 unspecified atom stereocenters. The molecule has 1 saturated heterocycles. The molecule has 0 spiro atoms. The second kappa shape index (κ2) is 7.43. The van der Waals surface area contributed by atoms with E-state index < -0.39 is 0 Å². The Labute approximate surface area is 132 Å². The predicted octanol–water partition coefficient (Wildman–Crippen LogP) is 3.08. The molecule has 2 rings (SSSR count). The van der Waals surface area contributed by atoms with E-state index >= 15 is 0 Å². The SMILES string of the molecule is Cc1cccc(CN(C(=O)CC[C@@H]2CCOC2=O)C(C)C)c1. The van der Waals surface area contributed by atoms with E-state index in [0.717, 1.165) is 12.0 Å². The molecule has 1 aliphatic heterocycles. The lowest BCUT2D eigenvalue weighted by Crippen LogP contribution is -2.36. The van der Waals surface area contributed by atoms with Crippen LogP contribution in [0.4, 0.5) is 0 Å². The third-order valence-corrected chi connectivity index (χ3v) is 4.13. The largest absolute Gasteiger partial charge is 0.465 e. The number of nitrogens with zero attached hydrogens (tertiary/aromatic N) is 1. The smallest absolute Gasteiger partial charge is 0.309 e. The fourth-order valence-electron chi connectivity index (χ4n) is 2.81. The lowest BCUT2D eigenvalue weighted by atomic mass is 10.0. The molecule has 1 aliphatic rings. The molecule has 1 amide bonds. The Hall–Kier alpha value is -1.84. The van der Waals surface area contributed by atoms with E-state index in [2.05, 4.69) is 19.1 Å². The summed E-state index contributed by atoms with van der Waals surface area (Å²) in [7, 11) is 0. The average molecular weight is 303 g/mol. The van der Waals surface area contributed by atoms with E-state index in [1.54, 1.807) is 0 Å². The molecule has 4 heteroatoms. The Balaban J connectivity index is 1.95. The molecule has 0 aromatic heterocycles. The van der Waals surface area contributed by atoms with Gasteiger partial charge in [0.2, 0.25) is 5.91 Å². The normalized spacial score (nSPS) is 17.6. The van der Waals surface area contributed by atoms with Gasteiger partial charge in [0, 0.05) is 19.0 Å². The van der Waals surface area contributed by atoms with E-state index in [1.807, 2.05) is 30.9 Å². The highest BCUT2D eigenvalue weighted by Crippen LogP contribution is 2.21. The molecule has 22 heavy (non-hydrogen) atoms. The molecule has 120 valence electrons. The number of aryl methyl sites for hydroxylation is 1. The lowest BCUT2D eigenvalue weighted by molar-refractivity contribution is -0.141. The molecule has 4 nitrogen and oxygen atoms in total. The van der Waals surface area contributed by atoms with Gasteiger partial charge in [-0.25, -0.2) is 0 Å². The zero-order valence-corrected chi connectivity index (χ0v) is 13.7. The van der Waals surface area contributed by atoms with Gasteiger partial charge in [-0.1, -0.05) is 29.8 Å². The molecule has 1 fully saturated rings. The average Bonchev–Trinajstić information content (AvgIpc) is 2.87. The maximum absolute atomic E-state index is 12.5. The first-order chi connectivity index (χ1) is 10.5. The van der Waals surface area contributed by atoms with Crippen molar-refractivity contribution in [2.24, 2.45) is 5.92 Å². The summed E-state index contributed by atoms with van der Waals surface area (Å²) in [6, 6.07) is 8.36. The van der Waals surface area contributed by atoms with Crippen LogP contribution < -0.4 is 0 Å². The quantitative estimate of drug-likeness (QED) is 0.759. The number of hydrogen-bond donors (Lipinski definition) is 0. The maximum Gasteiger partial charge on any atom is 0.309 e. The molecule has 0 saturated carbocycles. The topological polar surface area (TPSA) is 46.6 Å². The molecular formula is C18H25NO3. The first kappa shape index (κ1) is 16.5. The summed E-state index contributed by atoms with van der Waals surface area (Å²) in [6.45, 7) is 7.22. The second-order valence-corrected chi connectivity index (χ2v) is 6.30. The van der Waals surface area contributed by atoms with Gasteiger partial charge >= 0.3 is 5.97 Å². The van der Waals surface area contributed by atoms with Crippen LogP contribution >= 0.6 is 0 Å². The van der Waals surface area contributed by atoms with Crippen LogP contribution in [0, 0.1) is 12.8 Å². The van der Waals surface area contributed by atoms with Gasteiger partial charge in [-0.3, -0.25) is 9.59 Å². The summed E-state index contributed by atoms with van der Waals surface area (Å²) >= 11 is 0. The predicted molar refractivity (Wildman–Crippen MR) is 85.2 cm³/mol. The van der Waals surface area contributed by atoms with Crippen LogP contribution in [0.1, 0.15) is 44.2 Å². The number of esters is 1. The summed E-state index contributed by atoms with van der Waals surface area (Å²) in [5, 5.41) is 0. The first-order valence-corrected chi connectivity index (χ1v) is 7.99. The van der Waals surface area contributed by atoms with E-state index in [-0.39, 0.29) is 23.8 Å². The highest BCUT2D eigenvalue weighted by atomic mass is 16.5. The summed E-state index contributed by atoms with van der Waals surface area (Å²) < 4.78 is 4.95. The summed E-state index contributed by atoms with van der Waals surface area (Å²) in [6.07, 6.45) is 1.74. The monoisotopic (exact) mass is 303 g/mol. The van der Waals surface area contributed by atoms with E-state index in [1.165, 1.54) is 5.56 Å².